The molecule has 0 atom stereocenters. The first kappa shape index (κ1) is 18.2. The van der Waals surface area contributed by atoms with Gasteiger partial charge in [-0.2, -0.15) is 0 Å². The van der Waals surface area contributed by atoms with Crippen LogP contribution in [0.3, 0.4) is 0 Å². The number of benzene rings is 2. The molecule has 0 amide bonds. The molecule has 0 saturated carbocycles. The summed E-state index contributed by atoms with van der Waals surface area (Å²) >= 11 is 2.22. The van der Waals surface area contributed by atoms with Gasteiger partial charge in [-0.05, 0) is 53.6 Å². The van der Waals surface area contributed by atoms with Crippen molar-refractivity contribution in [2.75, 3.05) is 0 Å². The number of hydrogen-bond donors (Lipinski definition) is 0. The Kier molecular flexibility index (Phi) is 5.06. The highest BCUT2D eigenvalue weighted by molar-refractivity contribution is 14.1. The maximum atomic E-state index is 13.4. The zero-order valence-corrected chi connectivity index (χ0v) is 17.4. The van der Waals surface area contributed by atoms with Crippen molar-refractivity contribution in [3.63, 3.8) is 0 Å². The first-order valence-electron chi connectivity index (χ1n) is 8.11. The smallest absolute Gasteiger partial charge is 0.237 e. The van der Waals surface area contributed by atoms with Gasteiger partial charge in [0.05, 0.1) is 10.6 Å². The van der Waals surface area contributed by atoms with E-state index in [1.54, 1.807) is 12.1 Å². The summed E-state index contributed by atoms with van der Waals surface area (Å²) in [6.45, 7) is 5.98. The van der Waals surface area contributed by atoms with E-state index in [-0.39, 0.29) is 5.92 Å². The Labute approximate surface area is 162 Å². The highest BCUT2D eigenvalue weighted by atomic mass is 127. The monoisotopic (exact) mass is 465 g/mol. The van der Waals surface area contributed by atoms with Crippen LogP contribution < -0.4 is 0 Å². The number of halogens is 1. The van der Waals surface area contributed by atoms with E-state index >= 15 is 0 Å². The zero-order valence-electron chi connectivity index (χ0n) is 14.4. The summed E-state index contributed by atoms with van der Waals surface area (Å²) in [5.74, 6) is 0.0891. The third-order valence-corrected chi connectivity index (χ3v) is 6.70. The summed E-state index contributed by atoms with van der Waals surface area (Å²) in [5, 5.41) is 0. The molecule has 0 aliphatic rings. The maximum Gasteiger partial charge on any atom is 0.268 e. The summed E-state index contributed by atoms with van der Waals surface area (Å²) in [5.41, 5.74) is 3.46. The molecule has 3 nitrogen and oxygen atoms in total. The number of aryl methyl sites for hydroxylation is 1. The van der Waals surface area contributed by atoms with Crippen LogP contribution in [0.4, 0.5) is 0 Å². The molecule has 5 heteroatoms. The minimum Gasteiger partial charge on any atom is -0.237 e. The standard InChI is InChI=1S/C20H20INO2S/c1-14(2)19-13-18(21)20(16-7-5-4-6-8-16)22(19)25(23,24)17-11-9-15(3)10-12-17/h4-14H,1-3H3. The lowest BCUT2D eigenvalue weighted by Crippen LogP contribution is -2.17. The average Bonchev–Trinajstić information content (AvgIpc) is 2.94. The van der Waals surface area contributed by atoms with E-state index in [0.29, 0.717) is 4.90 Å². The third-order valence-electron chi connectivity index (χ3n) is 4.14. The molecule has 130 valence electrons. The van der Waals surface area contributed by atoms with E-state index in [2.05, 4.69) is 22.6 Å². The molecule has 1 aromatic heterocycles. The minimum absolute atomic E-state index is 0.0891. The van der Waals surface area contributed by atoms with Crippen LogP contribution in [0.2, 0.25) is 0 Å². The lowest BCUT2D eigenvalue weighted by Gasteiger charge is -2.16. The number of hydrogen-bond acceptors (Lipinski definition) is 2. The van der Waals surface area contributed by atoms with Gasteiger partial charge in [-0.15, -0.1) is 0 Å². The summed E-state index contributed by atoms with van der Waals surface area (Å²) < 4.78 is 29.3. The predicted octanol–water partition coefficient (Wildman–Crippen LogP) is 5.43. The molecule has 25 heavy (non-hydrogen) atoms. The molecule has 3 aromatic rings. The van der Waals surface area contributed by atoms with Crippen molar-refractivity contribution in [3.05, 3.63) is 75.5 Å². The fourth-order valence-electron chi connectivity index (χ4n) is 2.81. The van der Waals surface area contributed by atoms with Gasteiger partial charge in [0, 0.05) is 14.8 Å². The van der Waals surface area contributed by atoms with E-state index in [1.807, 2.05) is 69.3 Å². The van der Waals surface area contributed by atoms with Crippen LogP contribution >= 0.6 is 22.6 Å². The second-order valence-electron chi connectivity index (χ2n) is 6.37. The molecule has 0 unspecified atom stereocenters. The van der Waals surface area contributed by atoms with Gasteiger partial charge in [-0.25, -0.2) is 12.4 Å². The van der Waals surface area contributed by atoms with Gasteiger partial charge in [0.2, 0.25) is 0 Å². The van der Waals surface area contributed by atoms with Crippen LogP contribution in [0.1, 0.15) is 31.0 Å². The van der Waals surface area contributed by atoms with Crippen molar-refractivity contribution >= 4 is 32.6 Å². The van der Waals surface area contributed by atoms with Crippen molar-refractivity contribution in [1.29, 1.82) is 0 Å². The number of rotatable bonds is 4. The summed E-state index contributed by atoms with van der Waals surface area (Å²) in [7, 11) is -3.68. The Morgan fingerprint density at radius 1 is 0.960 bits per heavy atom. The van der Waals surface area contributed by atoms with E-state index in [0.717, 1.165) is 26.1 Å². The molecule has 0 spiro atoms. The van der Waals surface area contributed by atoms with E-state index < -0.39 is 10.0 Å². The Bertz CT molecular complexity index is 988. The van der Waals surface area contributed by atoms with Gasteiger partial charge in [0.25, 0.3) is 10.0 Å². The van der Waals surface area contributed by atoms with Crippen molar-refractivity contribution in [1.82, 2.24) is 3.97 Å². The fraction of sp³-hybridized carbons (Fsp3) is 0.200. The molecule has 0 aliphatic heterocycles. The Hall–Kier alpha value is -1.60. The molecule has 3 rings (SSSR count). The molecule has 0 fully saturated rings. The van der Waals surface area contributed by atoms with Crippen molar-refractivity contribution < 1.29 is 8.42 Å². The SMILES string of the molecule is Cc1ccc(S(=O)(=O)n2c(C(C)C)cc(I)c2-c2ccccc2)cc1. The fourth-order valence-corrected chi connectivity index (χ4v) is 5.52. The highest BCUT2D eigenvalue weighted by Crippen LogP contribution is 2.35. The third kappa shape index (κ3) is 3.40. The molecule has 2 aromatic carbocycles. The quantitative estimate of drug-likeness (QED) is 0.483. The zero-order chi connectivity index (χ0) is 18.2. The van der Waals surface area contributed by atoms with Gasteiger partial charge in [-0.1, -0.05) is 61.9 Å². The summed E-state index contributed by atoms with van der Waals surface area (Å²) in [6, 6.07) is 18.7. The Morgan fingerprint density at radius 3 is 2.12 bits per heavy atom. The van der Waals surface area contributed by atoms with Crippen molar-refractivity contribution in [3.8, 4) is 11.3 Å². The molecule has 0 N–H and O–H groups in total. The first-order valence-corrected chi connectivity index (χ1v) is 10.6. The molecule has 0 bridgehead atoms. The van der Waals surface area contributed by atoms with Crippen LogP contribution in [-0.4, -0.2) is 12.4 Å². The van der Waals surface area contributed by atoms with Crippen LogP contribution in [-0.2, 0) is 10.0 Å². The van der Waals surface area contributed by atoms with Crippen molar-refractivity contribution in [2.45, 2.75) is 31.6 Å². The molecule has 0 saturated heterocycles. The second-order valence-corrected chi connectivity index (χ2v) is 9.32. The summed E-state index contributed by atoms with van der Waals surface area (Å²) in [6.07, 6.45) is 0. The minimum atomic E-state index is -3.68. The molecule has 0 aliphatic carbocycles. The highest BCUT2D eigenvalue weighted by Gasteiger charge is 2.27. The maximum absolute atomic E-state index is 13.4. The van der Waals surface area contributed by atoms with Crippen LogP contribution in [0.5, 0.6) is 0 Å². The Balaban J connectivity index is 2.32. The van der Waals surface area contributed by atoms with Gasteiger partial charge < -0.3 is 0 Å². The predicted molar refractivity (Wildman–Crippen MR) is 110 cm³/mol. The van der Waals surface area contributed by atoms with Crippen molar-refractivity contribution in [2.24, 2.45) is 0 Å². The number of nitrogens with zero attached hydrogens (tertiary/aromatic N) is 1. The van der Waals surface area contributed by atoms with Crippen LogP contribution in [0.15, 0.2) is 65.6 Å². The van der Waals surface area contributed by atoms with Gasteiger partial charge in [0.15, 0.2) is 0 Å². The molecular weight excluding hydrogens is 445 g/mol. The first-order chi connectivity index (χ1) is 11.8. The van der Waals surface area contributed by atoms with E-state index in [9.17, 15) is 8.42 Å². The van der Waals surface area contributed by atoms with Crippen LogP contribution in [0.25, 0.3) is 11.3 Å². The largest absolute Gasteiger partial charge is 0.268 e. The number of aromatic nitrogens is 1. The normalized spacial score (nSPS) is 11.9. The lowest BCUT2D eigenvalue weighted by atomic mass is 10.1. The second kappa shape index (κ2) is 6.96. The molecule has 0 radical (unpaired) electrons. The topological polar surface area (TPSA) is 39.1 Å². The Morgan fingerprint density at radius 2 is 1.56 bits per heavy atom. The van der Waals surface area contributed by atoms with E-state index in [1.165, 1.54) is 3.97 Å². The average molecular weight is 465 g/mol. The van der Waals surface area contributed by atoms with Gasteiger partial charge >= 0.3 is 0 Å². The van der Waals surface area contributed by atoms with Crippen LogP contribution in [0, 0.1) is 10.5 Å². The van der Waals surface area contributed by atoms with Gasteiger partial charge in [-0.3, -0.25) is 0 Å². The molecular formula is C20H20INO2S. The molecule has 1 heterocycles. The summed E-state index contributed by atoms with van der Waals surface area (Å²) in [4.78, 5) is 0.309. The van der Waals surface area contributed by atoms with Gasteiger partial charge in [0.1, 0.15) is 0 Å². The van der Waals surface area contributed by atoms with E-state index in [4.69, 9.17) is 0 Å². The lowest BCUT2D eigenvalue weighted by molar-refractivity contribution is 0.584.